The van der Waals surface area contributed by atoms with Crippen molar-refractivity contribution in [3.63, 3.8) is 0 Å². The van der Waals surface area contributed by atoms with Gasteiger partial charge in [-0.1, -0.05) is 6.07 Å². The van der Waals surface area contributed by atoms with Crippen molar-refractivity contribution in [1.82, 2.24) is 14.1 Å². The van der Waals surface area contributed by atoms with Gasteiger partial charge in [0.1, 0.15) is 10.7 Å². The molecule has 0 fully saturated rings. The van der Waals surface area contributed by atoms with Gasteiger partial charge in [-0.2, -0.15) is 9.57 Å². The summed E-state index contributed by atoms with van der Waals surface area (Å²) in [6.45, 7) is 7.15. The number of aromatic nitrogens is 1. The fourth-order valence-corrected chi connectivity index (χ4v) is 5.47. The molecule has 0 amide bonds. The number of hydrogen-bond donors (Lipinski definition) is 2. The van der Waals surface area contributed by atoms with Gasteiger partial charge in [0, 0.05) is 18.3 Å². The molecule has 0 aliphatic rings. The first kappa shape index (κ1) is 22.8. The molecule has 0 aliphatic heterocycles. The van der Waals surface area contributed by atoms with E-state index in [1.807, 2.05) is 6.07 Å². The summed E-state index contributed by atoms with van der Waals surface area (Å²) in [6.07, 6.45) is 1.17. The third-order valence-corrected chi connectivity index (χ3v) is 7.40. The third-order valence-electron chi connectivity index (χ3n) is 3.92. The minimum Gasteiger partial charge on any atom is -0.292 e. The van der Waals surface area contributed by atoms with Crippen LogP contribution in [-0.2, 0) is 20.0 Å². The van der Waals surface area contributed by atoms with Crippen molar-refractivity contribution in [3.05, 3.63) is 48.2 Å². The first-order valence-corrected chi connectivity index (χ1v) is 11.7. The van der Waals surface area contributed by atoms with Crippen LogP contribution in [0.1, 0.15) is 33.3 Å². The quantitative estimate of drug-likeness (QED) is 0.604. The van der Waals surface area contributed by atoms with Gasteiger partial charge in [0.15, 0.2) is 0 Å². The molecule has 29 heavy (non-hydrogen) atoms. The first-order chi connectivity index (χ1) is 13.5. The number of anilines is 1. The van der Waals surface area contributed by atoms with Crippen LogP contribution in [0.2, 0.25) is 0 Å². The molecule has 0 saturated heterocycles. The van der Waals surface area contributed by atoms with Gasteiger partial charge in [0.2, 0.25) is 10.0 Å². The smallest absolute Gasteiger partial charge is 0.257 e. The summed E-state index contributed by atoms with van der Waals surface area (Å²) in [5.41, 5.74) is 2.64. The molecule has 1 heterocycles. The average molecular weight is 438 g/mol. The molecule has 0 aliphatic carbocycles. The van der Waals surface area contributed by atoms with E-state index < -0.39 is 20.0 Å². The third kappa shape index (κ3) is 5.30. The highest BCUT2D eigenvalue weighted by atomic mass is 32.2. The van der Waals surface area contributed by atoms with E-state index in [1.54, 1.807) is 27.7 Å². The summed E-state index contributed by atoms with van der Waals surface area (Å²) in [6, 6.07) is 9.66. The Morgan fingerprint density at radius 2 is 1.66 bits per heavy atom. The minimum atomic E-state index is -3.94. The molecule has 11 heteroatoms. The fourth-order valence-electron chi connectivity index (χ4n) is 2.79. The van der Waals surface area contributed by atoms with Crippen molar-refractivity contribution in [1.29, 1.82) is 5.26 Å². The number of nitrogens with one attached hydrogen (secondary N) is 2. The Bertz CT molecular complexity index is 1100. The van der Waals surface area contributed by atoms with Gasteiger partial charge < -0.3 is 0 Å². The maximum absolute atomic E-state index is 12.8. The number of hydrogen-bond acceptors (Lipinski definition) is 7. The molecule has 0 saturated carbocycles. The number of nitriles is 1. The van der Waals surface area contributed by atoms with E-state index >= 15 is 0 Å². The molecule has 9 nitrogen and oxygen atoms in total. The minimum absolute atomic E-state index is 0.00929. The summed E-state index contributed by atoms with van der Waals surface area (Å²) >= 11 is 0. The summed E-state index contributed by atoms with van der Waals surface area (Å²) in [5.74, 6) is 0.115. The highest BCUT2D eigenvalue weighted by Gasteiger charge is 2.29. The molecular formula is C18H23N5O4S2. The van der Waals surface area contributed by atoms with Crippen LogP contribution in [0.25, 0.3) is 0 Å². The SMILES string of the molecule is CC(C)N(C(C)C)S(=O)(=O)c1ccc(NNS(=O)(=O)c2cccc(C#N)c2)nc1. The monoisotopic (exact) mass is 437 g/mol. The van der Waals surface area contributed by atoms with Crippen molar-refractivity contribution in [2.75, 3.05) is 5.43 Å². The lowest BCUT2D eigenvalue weighted by atomic mass is 10.2. The van der Waals surface area contributed by atoms with Crippen molar-refractivity contribution < 1.29 is 16.8 Å². The normalized spacial score (nSPS) is 12.3. The molecule has 0 radical (unpaired) electrons. The fraction of sp³-hybridized carbons (Fsp3) is 0.333. The molecule has 1 aromatic carbocycles. The molecule has 0 bridgehead atoms. The number of pyridine rings is 1. The second-order valence-electron chi connectivity index (χ2n) is 6.77. The first-order valence-electron chi connectivity index (χ1n) is 8.76. The van der Waals surface area contributed by atoms with Crippen molar-refractivity contribution in [2.24, 2.45) is 0 Å². The number of hydrazine groups is 1. The number of sulfonamides is 2. The van der Waals surface area contributed by atoms with E-state index in [9.17, 15) is 16.8 Å². The average Bonchev–Trinajstić information content (AvgIpc) is 2.66. The van der Waals surface area contributed by atoms with Crippen LogP contribution < -0.4 is 10.3 Å². The van der Waals surface area contributed by atoms with Crippen LogP contribution >= 0.6 is 0 Å². The molecule has 0 spiro atoms. The van der Waals surface area contributed by atoms with Crippen LogP contribution in [0, 0.1) is 11.3 Å². The van der Waals surface area contributed by atoms with Gasteiger partial charge in [-0.3, -0.25) is 5.43 Å². The molecule has 2 aromatic rings. The zero-order valence-electron chi connectivity index (χ0n) is 16.5. The standard InChI is InChI=1S/C18H23N5O4S2/c1-13(2)23(14(3)4)29(26,27)17-8-9-18(20-12-17)21-22-28(24,25)16-7-5-6-15(10-16)11-19/h5-10,12-14,22H,1-4H3,(H,20,21). The van der Waals surface area contributed by atoms with E-state index in [0.717, 1.165) is 0 Å². The van der Waals surface area contributed by atoms with Gasteiger partial charge in [-0.25, -0.2) is 21.8 Å². The second-order valence-corrected chi connectivity index (χ2v) is 10.3. The van der Waals surface area contributed by atoms with Gasteiger partial charge in [0.25, 0.3) is 10.0 Å². The molecule has 156 valence electrons. The molecule has 0 unspecified atom stereocenters. The Kier molecular flexibility index (Phi) is 6.97. The van der Waals surface area contributed by atoms with Crippen LogP contribution in [0.15, 0.2) is 52.4 Å². The summed E-state index contributed by atoms with van der Waals surface area (Å²) in [4.78, 5) is 6.05. The zero-order valence-corrected chi connectivity index (χ0v) is 18.1. The van der Waals surface area contributed by atoms with Crippen molar-refractivity contribution in [2.45, 2.75) is 49.6 Å². The summed E-state index contributed by atoms with van der Waals surface area (Å²) in [5, 5.41) is 8.89. The van der Waals surface area contributed by atoms with Crippen LogP contribution in [0.3, 0.4) is 0 Å². The molecule has 2 N–H and O–H groups in total. The topological polar surface area (TPSA) is 132 Å². The van der Waals surface area contributed by atoms with Gasteiger partial charge in [-0.15, -0.1) is 4.83 Å². The number of benzene rings is 1. The highest BCUT2D eigenvalue weighted by molar-refractivity contribution is 7.89. The van der Waals surface area contributed by atoms with E-state index in [0.29, 0.717) is 0 Å². The number of nitrogens with zero attached hydrogens (tertiary/aromatic N) is 3. The predicted molar refractivity (Wildman–Crippen MR) is 109 cm³/mol. The van der Waals surface area contributed by atoms with E-state index in [4.69, 9.17) is 5.26 Å². The second kappa shape index (κ2) is 8.87. The molecule has 0 atom stereocenters. The van der Waals surface area contributed by atoms with Crippen molar-refractivity contribution >= 4 is 25.9 Å². The Morgan fingerprint density at radius 1 is 1.00 bits per heavy atom. The van der Waals surface area contributed by atoms with Gasteiger partial charge >= 0.3 is 0 Å². The maximum atomic E-state index is 12.8. The van der Waals surface area contributed by atoms with Gasteiger partial charge in [-0.05, 0) is 58.0 Å². The highest BCUT2D eigenvalue weighted by Crippen LogP contribution is 2.21. The molecule has 1 aromatic heterocycles. The molecule has 2 rings (SSSR count). The summed E-state index contributed by atoms with van der Waals surface area (Å²) < 4.78 is 51.7. The van der Waals surface area contributed by atoms with Crippen LogP contribution in [-0.4, -0.2) is 38.2 Å². The van der Waals surface area contributed by atoms with Crippen LogP contribution in [0.5, 0.6) is 0 Å². The lowest BCUT2D eigenvalue weighted by Gasteiger charge is -2.29. The number of rotatable bonds is 8. The van der Waals surface area contributed by atoms with Crippen molar-refractivity contribution in [3.8, 4) is 6.07 Å². The van der Waals surface area contributed by atoms with Crippen LogP contribution in [0.4, 0.5) is 5.82 Å². The predicted octanol–water partition coefficient (Wildman–Crippen LogP) is 2.07. The van der Waals surface area contributed by atoms with E-state index in [2.05, 4.69) is 15.2 Å². The largest absolute Gasteiger partial charge is 0.292 e. The van der Waals surface area contributed by atoms with Gasteiger partial charge in [0.05, 0.1) is 16.5 Å². The zero-order chi connectivity index (χ0) is 21.8. The van der Waals surface area contributed by atoms with E-state index in [1.165, 1.54) is 46.9 Å². The van der Waals surface area contributed by atoms with E-state index in [-0.39, 0.29) is 33.3 Å². The molecular weight excluding hydrogens is 414 g/mol. The summed E-state index contributed by atoms with van der Waals surface area (Å²) in [7, 11) is -7.68. The lowest BCUT2D eigenvalue weighted by molar-refractivity contribution is 0.302. The maximum Gasteiger partial charge on any atom is 0.257 e. The Balaban J connectivity index is 2.18. The Labute approximate surface area is 171 Å². The Morgan fingerprint density at radius 3 is 2.17 bits per heavy atom. The Hall–Kier alpha value is -2.52. The lowest BCUT2D eigenvalue weighted by Crippen LogP contribution is -2.41.